The molecule has 0 aliphatic carbocycles. The van der Waals surface area contributed by atoms with Gasteiger partial charge in [-0.15, -0.1) is 0 Å². The Kier molecular flexibility index (Phi) is 7.33. The van der Waals surface area contributed by atoms with Gasteiger partial charge in [0.05, 0.1) is 0 Å². The Balaban J connectivity index is 1.68. The average molecular weight is 377 g/mol. The molecule has 0 atom stereocenters. The number of aryl methyl sites for hydroxylation is 1. The first-order valence-electron chi connectivity index (χ1n) is 9.40. The second-order valence-electron chi connectivity index (χ2n) is 7.27. The summed E-state index contributed by atoms with van der Waals surface area (Å²) in [4.78, 5) is 38.0. The molecule has 6 nitrogen and oxygen atoms in total. The van der Waals surface area contributed by atoms with Gasteiger partial charge in [-0.25, -0.2) is 4.39 Å². The summed E-state index contributed by atoms with van der Waals surface area (Å²) in [6, 6.07) is 4.33. The summed E-state index contributed by atoms with van der Waals surface area (Å²) in [6.45, 7) is 7.17. The number of amides is 3. The monoisotopic (exact) mass is 377 g/mol. The summed E-state index contributed by atoms with van der Waals surface area (Å²) >= 11 is 0. The van der Waals surface area contributed by atoms with Crippen molar-refractivity contribution in [1.29, 1.82) is 0 Å². The third kappa shape index (κ3) is 5.77. The molecule has 2 N–H and O–H groups in total. The lowest BCUT2D eigenvalue weighted by Crippen LogP contribution is -2.45. The summed E-state index contributed by atoms with van der Waals surface area (Å²) in [6.07, 6.45) is 1.30. The summed E-state index contributed by atoms with van der Waals surface area (Å²) in [5.74, 6) is -0.850. The number of likely N-dealkylation sites (tertiary alicyclic amines) is 1. The maximum absolute atomic E-state index is 13.5. The van der Waals surface area contributed by atoms with Gasteiger partial charge in [0.25, 0.3) is 5.91 Å². The van der Waals surface area contributed by atoms with Crippen molar-refractivity contribution < 1.29 is 18.8 Å². The molecule has 3 amide bonds. The summed E-state index contributed by atoms with van der Waals surface area (Å²) < 4.78 is 13.5. The highest BCUT2D eigenvalue weighted by molar-refractivity contribution is 5.94. The first-order chi connectivity index (χ1) is 12.8. The van der Waals surface area contributed by atoms with Crippen LogP contribution >= 0.6 is 0 Å². The summed E-state index contributed by atoms with van der Waals surface area (Å²) in [5, 5.41) is 5.48. The quantitative estimate of drug-likeness (QED) is 0.743. The molecule has 0 radical (unpaired) electrons. The van der Waals surface area contributed by atoms with Crippen LogP contribution in [0, 0.1) is 24.6 Å². The Hall–Kier alpha value is -2.44. The molecular weight excluding hydrogens is 349 g/mol. The van der Waals surface area contributed by atoms with Crippen LogP contribution in [0.4, 0.5) is 4.39 Å². The van der Waals surface area contributed by atoms with Crippen molar-refractivity contribution in [2.24, 2.45) is 11.8 Å². The van der Waals surface area contributed by atoms with Gasteiger partial charge < -0.3 is 15.5 Å². The molecule has 27 heavy (non-hydrogen) atoms. The molecule has 1 fully saturated rings. The molecule has 0 spiro atoms. The summed E-state index contributed by atoms with van der Waals surface area (Å²) in [7, 11) is 0. The number of halogens is 1. The van der Waals surface area contributed by atoms with Gasteiger partial charge in [0.15, 0.2) is 0 Å². The molecule has 7 heteroatoms. The van der Waals surface area contributed by atoms with Crippen molar-refractivity contribution in [3.8, 4) is 0 Å². The Morgan fingerprint density at radius 1 is 1.15 bits per heavy atom. The molecule has 1 aromatic carbocycles. The number of hydrogen-bond donors (Lipinski definition) is 2. The van der Waals surface area contributed by atoms with Gasteiger partial charge in [-0.3, -0.25) is 14.4 Å². The molecule has 0 saturated carbocycles. The molecule has 0 bridgehead atoms. The van der Waals surface area contributed by atoms with E-state index in [0.717, 1.165) is 0 Å². The third-order valence-corrected chi connectivity index (χ3v) is 4.82. The number of rotatable bonds is 6. The maximum Gasteiger partial charge on any atom is 0.251 e. The fourth-order valence-electron chi connectivity index (χ4n) is 3.07. The molecule has 148 valence electrons. The fraction of sp³-hybridized carbons (Fsp3) is 0.550. The minimum Gasteiger partial charge on any atom is -0.354 e. The molecule has 2 rings (SSSR count). The fourth-order valence-corrected chi connectivity index (χ4v) is 3.07. The molecule has 1 heterocycles. The van der Waals surface area contributed by atoms with E-state index in [2.05, 4.69) is 10.6 Å². The van der Waals surface area contributed by atoms with Crippen LogP contribution in [0.1, 0.15) is 42.6 Å². The van der Waals surface area contributed by atoms with Crippen molar-refractivity contribution in [2.45, 2.75) is 33.6 Å². The number of carbonyl (C=O) groups excluding carboxylic acids is 3. The van der Waals surface area contributed by atoms with Gasteiger partial charge in [-0.2, -0.15) is 0 Å². The molecule has 1 saturated heterocycles. The molecule has 1 aliphatic heterocycles. The standard InChI is InChI=1S/C20H28FN3O3/c1-13(2)20(27)24-10-6-15(7-11-24)18(25)22-8-9-23-19(26)16-5-4-14(3)17(21)12-16/h4-5,12-13,15H,6-11H2,1-3H3,(H,22,25)(H,23,26). The van der Waals surface area contributed by atoms with Gasteiger partial charge in [-0.1, -0.05) is 19.9 Å². The lowest BCUT2D eigenvalue weighted by atomic mass is 9.95. The van der Waals surface area contributed by atoms with Crippen molar-refractivity contribution in [3.05, 3.63) is 35.1 Å². The Morgan fingerprint density at radius 3 is 2.37 bits per heavy atom. The van der Waals surface area contributed by atoms with Crippen LogP contribution in [0.25, 0.3) is 0 Å². The van der Waals surface area contributed by atoms with Crippen molar-refractivity contribution in [2.75, 3.05) is 26.2 Å². The van der Waals surface area contributed by atoms with Gasteiger partial charge in [-0.05, 0) is 37.5 Å². The number of benzene rings is 1. The zero-order valence-corrected chi connectivity index (χ0v) is 16.2. The van der Waals surface area contributed by atoms with Crippen LogP contribution in [0.3, 0.4) is 0 Å². The Bertz CT molecular complexity index is 698. The average Bonchev–Trinajstić information content (AvgIpc) is 2.66. The van der Waals surface area contributed by atoms with E-state index < -0.39 is 5.82 Å². The predicted octanol–water partition coefficient (Wildman–Crippen LogP) is 1.87. The molecule has 0 aromatic heterocycles. The minimum atomic E-state index is -0.418. The van der Waals surface area contributed by atoms with Crippen LogP contribution in [-0.4, -0.2) is 48.8 Å². The Morgan fingerprint density at radius 2 is 1.78 bits per heavy atom. The highest BCUT2D eigenvalue weighted by Gasteiger charge is 2.27. The molecule has 1 aromatic rings. The molecule has 1 aliphatic rings. The van der Waals surface area contributed by atoms with E-state index in [1.165, 1.54) is 6.07 Å². The zero-order valence-electron chi connectivity index (χ0n) is 16.2. The van der Waals surface area contributed by atoms with Crippen LogP contribution in [0.5, 0.6) is 0 Å². The minimum absolute atomic E-state index is 0.0269. The number of piperidine rings is 1. The Labute approximate surface area is 159 Å². The van der Waals surface area contributed by atoms with Gasteiger partial charge in [0, 0.05) is 43.6 Å². The topological polar surface area (TPSA) is 78.5 Å². The van der Waals surface area contributed by atoms with Crippen LogP contribution in [-0.2, 0) is 9.59 Å². The van der Waals surface area contributed by atoms with Crippen LogP contribution in [0.2, 0.25) is 0 Å². The number of hydrogen-bond acceptors (Lipinski definition) is 3. The number of carbonyl (C=O) groups is 3. The first-order valence-corrected chi connectivity index (χ1v) is 9.40. The largest absolute Gasteiger partial charge is 0.354 e. The second kappa shape index (κ2) is 9.48. The van der Waals surface area contributed by atoms with Gasteiger partial charge in [0.1, 0.15) is 5.82 Å². The second-order valence-corrected chi connectivity index (χ2v) is 7.27. The van der Waals surface area contributed by atoms with Crippen LogP contribution in [0.15, 0.2) is 18.2 Å². The predicted molar refractivity (Wildman–Crippen MR) is 101 cm³/mol. The van der Waals surface area contributed by atoms with E-state index in [9.17, 15) is 18.8 Å². The molecule has 0 unspecified atom stereocenters. The molecular formula is C20H28FN3O3. The SMILES string of the molecule is Cc1ccc(C(=O)NCCNC(=O)C2CCN(C(=O)C(C)C)CC2)cc1F. The van der Waals surface area contributed by atoms with E-state index in [1.807, 2.05) is 18.7 Å². The van der Waals surface area contributed by atoms with Crippen molar-refractivity contribution in [3.63, 3.8) is 0 Å². The summed E-state index contributed by atoms with van der Waals surface area (Å²) in [5.41, 5.74) is 0.742. The highest BCUT2D eigenvalue weighted by atomic mass is 19.1. The highest BCUT2D eigenvalue weighted by Crippen LogP contribution is 2.18. The number of nitrogens with one attached hydrogen (secondary N) is 2. The first kappa shape index (κ1) is 20.9. The smallest absolute Gasteiger partial charge is 0.251 e. The van der Waals surface area contributed by atoms with E-state index in [4.69, 9.17) is 0 Å². The number of nitrogens with zero attached hydrogens (tertiary/aromatic N) is 1. The van der Waals surface area contributed by atoms with Crippen molar-refractivity contribution in [1.82, 2.24) is 15.5 Å². The lowest BCUT2D eigenvalue weighted by Gasteiger charge is -2.32. The lowest BCUT2D eigenvalue weighted by molar-refractivity contribution is -0.138. The van der Waals surface area contributed by atoms with E-state index >= 15 is 0 Å². The zero-order chi connectivity index (χ0) is 20.0. The van der Waals surface area contributed by atoms with E-state index in [-0.39, 0.29) is 41.7 Å². The van der Waals surface area contributed by atoms with E-state index in [1.54, 1.807) is 19.1 Å². The van der Waals surface area contributed by atoms with Gasteiger partial charge in [0.2, 0.25) is 11.8 Å². The van der Waals surface area contributed by atoms with Crippen LogP contribution < -0.4 is 10.6 Å². The van der Waals surface area contributed by atoms with E-state index in [0.29, 0.717) is 38.0 Å². The maximum atomic E-state index is 13.5. The normalized spacial score (nSPS) is 14.9. The van der Waals surface area contributed by atoms with Crippen molar-refractivity contribution >= 4 is 17.7 Å². The third-order valence-electron chi connectivity index (χ3n) is 4.82. The van der Waals surface area contributed by atoms with Gasteiger partial charge >= 0.3 is 0 Å².